The summed E-state index contributed by atoms with van der Waals surface area (Å²) in [7, 11) is 0. The Morgan fingerprint density at radius 3 is 2.31 bits per heavy atom. The molecule has 7 nitrogen and oxygen atoms in total. The number of para-hydroxylation sites is 1. The van der Waals surface area contributed by atoms with Gasteiger partial charge in [-0.05, 0) is 29.3 Å². The van der Waals surface area contributed by atoms with Gasteiger partial charge in [0.1, 0.15) is 11.6 Å². The normalized spacial score (nSPS) is 11.2. The number of hydrogen-bond acceptors (Lipinski definition) is 5. The molecule has 0 radical (unpaired) electrons. The molecule has 0 aliphatic rings. The average molecular weight is 391 g/mol. The van der Waals surface area contributed by atoms with E-state index in [1.54, 1.807) is 48.5 Å². The number of phenolic OH excluding ortho intramolecular Hbond substituents is 1. The highest BCUT2D eigenvalue weighted by Crippen LogP contribution is 2.39. The van der Waals surface area contributed by atoms with Gasteiger partial charge in [0.25, 0.3) is 0 Å². The number of carbonyl (C=O) groups is 1. The summed E-state index contributed by atoms with van der Waals surface area (Å²) in [5, 5.41) is 20.0. The van der Waals surface area contributed by atoms with E-state index in [-0.39, 0.29) is 23.2 Å². The summed E-state index contributed by atoms with van der Waals surface area (Å²) in [6.45, 7) is 1.30. The van der Waals surface area contributed by atoms with Crippen LogP contribution in [0.5, 0.6) is 5.75 Å². The van der Waals surface area contributed by atoms with Crippen LogP contribution < -0.4 is 11.2 Å². The van der Waals surface area contributed by atoms with Gasteiger partial charge < -0.3 is 16.3 Å². The zero-order chi connectivity index (χ0) is 21.0. The number of aromatic hydroxyl groups is 1. The molecule has 29 heavy (non-hydrogen) atoms. The van der Waals surface area contributed by atoms with E-state index < -0.39 is 5.82 Å². The first-order chi connectivity index (χ1) is 13.9. The summed E-state index contributed by atoms with van der Waals surface area (Å²) in [6, 6.07) is 16.3. The van der Waals surface area contributed by atoms with Gasteiger partial charge in [0.2, 0.25) is 5.91 Å². The van der Waals surface area contributed by atoms with Crippen molar-refractivity contribution >= 4 is 17.4 Å². The predicted octanol–water partition coefficient (Wildman–Crippen LogP) is 4.47. The molecule has 1 amide bonds. The Morgan fingerprint density at radius 1 is 1.07 bits per heavy atom. The van der Waals surface area contributed by atoms with E-state index >= 15 is 0 Å². The third kappa shape index (κ3) is 4.11. The Bertz CT molecular complexity index is 1130. The van der Waals surface area contributed by atoms with E-state index in [4.69, 9.17) is 11.4 Å². The van der Waals surface area contributed by atoms with Crippen molar-refractivity contribution in [3.05, 3.63) is 72.0 Å². The maximum atomic E-state index is 14.3. The number of amidine groups is 1. The fraction of sp³-hybridized carbons (Fsp3) is 0.0476. The lowest BCUT2D eigenvalue weighted by Gasteiger charge is -2.12. The molecule has 0 bridgehead atoms. The minimum Gasteiger partial charge on any atom is -0.507 e. The number of nitrogens with one attached hydrogen (secondary N) is 2. The van der Waals surface area contributed by atoms with E-state index in [9.17, 15) is 14.3 Å². The van der Waals surface area contributed by atoms with Crippen LogP contribution in [-0.2, 0) is 4.79 Å². The molecule has 3 rings (SSSR count). The standard InChI is InChI=1S/C21H18FN5O2/c1-12(28)25-19-9-8-14(11-18(19)22)17-7-3-6-16(20(17)29)13-4-2-5-15(10-13)21(26-23)27-24/h2-11,23,29H,24H2,1H3,(H,25,28)/b26-23?,27-21-. The van der Waals surface area contributed by atoms with E-state index in [0.29, 0.717) is 27.8 Å². The number of nitrogens with two attached hydrogens (primary N) is 1. The highest BCUT2D eigenvalue weighted by atomic mass is 19.1. The van der Waals surface area contributed by atoms with Crippen LogP contribution >= 0.6 is 0 Å². The van der Waals surface area contributed by atoms with Crippen LogP contribution in [0.25, 0.3) is 22.3 Å². The Labute approximate surface area is 166 Å². The lowest BCUT2D eigenvalue weighted by molar-refractivity contribution is -0.114. The molecule has 0 fully saturated rings. The Kier molecular flexibility index (Phi) is 5.64. The lowest BCUT2D eigenvalue weighted by Crippen LogP contribution is -2.07. The van der Waals surface area contributed by atoms with Gasteiger partial charge in [0.15, 0.2) is 5.84 Å². The molecule has 146 valence electrons. The van der Waals surface area contributed by atoms with Crippen LogP contribution in [0, 0.1) is 11.3 Å². The minimum absolute atomic E-state index is 0.0367. The average Bonchev–Trinajstić information content (AvgIpc) is 2.71. The molecule has 8 heteroatoms. The van der Waals surface area contributed by atoms with Gasteiger partial charge in [-0.2, -0.15) is 5.10 Å². The molecule has 0 aliphatic carbocycles. The number of phenols is 1. The summed E-state index contributed by atoms with van der Waals surface area (Å²) < 4.78 is 14.3. The molecule has 3 aromatic carbocycles. The number of benzene rings is 3. The maximum absolute atomic E-state index is 14.3. The van der Waals surface area contributed by atoms with Crippen molar-refractivity contribution in [3.8, 4) is 28.0 Å². The van der Waals surface area contributed by atoms with E-state index in [1.165, 1.54) is 19.1 Å². The Balaban J connectivity index is 2.05. The van der Waals surface area contributed by atoms with Crippen molar-refractivity contribution < 1.29 is 14.3 Å². The van der Waals surface area contributed by atoms with Crippen LogP contribution in [0.2, 0.25) is 0 Å². The van der Waals surface area contributed by atoms with Gasteiger partial charge in [-0.3, -0.25) is 4.79 Å². The van der Waals surface area contributed by atoms with Crippen LogP contribution in [0.4, 0.5) is 10.1 Å². The topological polar surface area (TPSA) is 124 Å². The van der Waals surface area contributed by atoms with Crippen LogP contribution in [0.3, 0.4) is 0 Å². The molecule has 0 unspecified atom stereocenters. The highest BCUT2D eigenvalue weighted by molar-refractivity contribution is 6.00. The monoisotopic (exact) mass is 391 g/mol. The second-order valence-electron chi connectivity index (χ2n) is 6.22. The van der Waals surface area contributed by atoms with Gasteiger partial charge in [0, 0.05) is 23.6 Å². The highest BCUT2D eigenvalue weighted by Gasteiger charge is 2.14. The maximum Gasteiger partial charge on any atom is 0.221 e. The number of amides is 1. The summed E-state index contributed by atoms with van der Waals surface area (Å²) >= 11 is 0. The van der Waals surface area contributed by atoms with Crippen LogP contribution in [0.1, 0.15) is 12.5 Å². The number of nitrogens with zero attached hydrogens (tertiary/aromatic N) is 2. The van der Waals surface area contributed by atoms with Crippen molar-refractivity contribution in [1.29, 1.82) is 5.53 Å². The molecule has 0 spiro atoms. The summed E-state index contributed by atoms with van der Waals surface area (Å²) in [5.74, 6) is 4.29. The summed E-state index contributed by atoms with van der Waals surface area (Å²) in [6.07, 6.45) is 0. The Hall–Kier alpha value is -4.07. The lowest BCUT2D eigenvalue weighted by atomic mass is 9.96. The molecule has 0 saturated carbocycles. The zero-order valence-corrected chi connectivity index (χ0v) is 15.5. The SMILES string of the molecule is CC(=O)Nc1ccc(-c2cccc(-c3cccc(/C(N=N)=N/N)c3)c2O)cc1F. The predicted molar refractivity (Wildman–Crippen MR) is 109 cm³/mol. The van der Waals surface area contributed by atoms with E-state index in [1.807, 2.05) is 0 Å². The number of hydrazone groups is 1. The molecule has 0 aliphatic heterocycles. The van der Waals surface area contributed by atoms with Gasteiger partial charge in [-0.25, -0.2) is 9.92 Å². The number of halogens is 1. The quantitative estimate of drug-likeness (QED) is 0.172. The number of hydrogen-bond donors (Lipinski definition) is 4. The van der Waals surface area contributed by atoms with Crippen LogP contribution in [-0.4, -0.2) is 16.8 Å². The molecule has 3 aromatic rings. The van der Waals surface area contributed by atoms with Crippen molar-refractivity contribution in [2.45, 2.75) is 6.92 Å². The molecular formula is C21H18FN5O2. The van der Waals surface area contributed by atoms with Gasteiger partial charge >= 0.3 is 0 Å². The van der Waals surface area contributed by atoms with Crippen molar-refractivity contribution in [2.24, 2.45) is 16.1 Å². The van der Waals surface area contributed by atoms with Gasteiger partial charge in [-0.15, -0.1) is 5.11 Å². The number of anilines is 1. The second kappa shape index (κ2) is 8.30. The largest absolute Gasteiger partial charge is 0.507 e. The molecule has 5 N–H and O–H groups in total. The summed E-state index contributed by atoms with van der Waals surface area (Å²) in [5.41, 5.74) is 9.79. The second-order valence-corrected chi connectivity index (χ2v) is 6.22. The molecule has 0 heterocycles. The van der Waals surface area contributed by atoms with Gasteiger partial charge in [-0.1, -0.05) is 42.5 Å². The Morgan fingerprint density at radius 2 is 1.72 bits per heavy atom. The molecule has 0 aromatic heterocycles. The zero-order valence-electron chi connectivity index (χ0n) is 15.5. The van der Waals surface area contributed by atoms with E-state index in [2.05, 4.69) is 15.5 Å². The third-order valence-electron chi connectivity index (χ3n) is 4.29. The summed E-state index contributed by atoms with van der Waals surface area (Å²) in [4.78, 5) is 11.1. The first-order valence-corrected chi connectivity index (χ1v) is 8.60. The fourth-order valence-electron chi connectivity index (χ4n) is 2.98. The molecule has 0 saturated heterocycles. The smallest absolute Gasteiger partial charge is 0.221 e. The number of rotatable bonds is 4. The minimum atomic E-state index is -0.606. The molecular weight excluding hydrogens is 373 g/mol. The van der Waals surface area contributed by atoms with Crippen molar-refractivity contribution in [3.63, 3.8) is 0 Å². The van der Waals surface area contributed by atoms with Crippen molar-refractivity contribution in [2.75, 3.05) is 5.32 Å². The first kappa shape index (κ1) is 19.7. The first-order valence-electron chi connectivity index (χ1n) is 8.60. The van der Waals surface area contributed by atoms with Gasteiger partial charge in [0.05, 0.1) is 5.69 Å². The van der Waals surface area contributed by atoms with E-state index in [0.717, 1.165) is 0 Å². The molecule has 0 atom stereocenters. The van der Waals surface area contributed by atoms with Crippen molar-refractivity contribution in [1.82, 2.24) is 0 Å². The fourth-order valence-corrected chi connectivity index (χ4v) is 2.98. The number of carbonyl (C=O) groups excluding carboxylic acids is 1. The van der Waals surface area contributed by atoms with Crippen LogP contribution in [0.15, 0.2) is 70.9 Å². The third-order valence-corrected chi connectivity index (χ3v) is 4.29.